The Labute approximate surface area is 198 Å². The van der Waals surface area contributed by atoms with E-state index in [0.29, 0.717) is 30.8 Å². The molecule has 0 aliphatic carbocycles. The Balaban J connectivity index is 1.16. The molecule has 6 nitrogen and oxygen atoms in total. The maximum absolute atomic E-state index is 13.0. The van der Waals surface area contributed by atoms with Crippen molar-refractivity contribution in [1.29, 1.82) is 0 Å². The van der Waals surface area contributed by atoms with E-state index in [0.717, 1.165) is 32.0 Å². The first-order valence-corrected chi connectivity index (χ1v) is 12.2. The zero-order chi connectivity index (χ0) is 22.9. The number of amides is 1. The van der Waals surface area contributed by atoms with Gasteiger partial charge in [0, 0.05) is 23.7 Å². The van der Waals surface area contributed by atoms with Crippen molar-refractivity contribution in [2.45, 2.75) is 26.4 Å². The topological polar surface area (TPSA) is 68.2 Å². The fourth-order valence-electron chi connectivity index (χ4n) is 3.64. The Morgan fingerprint density at radius 1 is 1.15 bits per heavy atom. The Hall–Kier alpha value is -3.17. The summed E-state index contributed by atoms with van der Waals surface area (Å²) >= 11 is 3.26. The van der Waals surface area contributed by atoms with Crippen LogP contribution < -0.4 is 4.74 Å². The number of carbonyl (C=O) groups excluding carboxylic acids is 1. The first-order valence-electron chi connectivity index (χ1n) is 10.5. The molecule has 1 aliphatic rings. The highest BCUT2D eigenvalue weighted by Gasteiger charge is 2.33. The van der Waals surface area contributed by atoms with Crippen LogP contribution in [0.3, 0.4) is 0 Å². The van der Waals surface area contributed by atoms with Crippen LogP contribution in [0.25, 0.3) is 10.6 Å². The van der Waals surface area contributed by atoms with Gasteiger partial charge >= 0.3 is 0 Å². The predicted octanol–water partition coefficient (Wildman–Crippen LogP) is 4.91. The average Bonchev–Trinajstić information content (AvgIpc) is 3.37. The van der Waals surface area contributed by atoms with E-state index in [9.17, 15) is 9.18 Å². The highest BCUT2D eigenvalue weighted by molar-refractivity contribution is 7.16. The number of benzene rings is 1. The minimum absolute atomic E-state index is 0.0689. The van der Waals surface area contributed by atoms with Crippen molar-refractivity contribution in [1.82, 2.24) is 19.9 Å². The SMILES string of the molecule is Cc1nc(C)c(-c2csc(Cc3ccc(C(=O)N4CC(Oc5ccc(F)cc5)C4)cn3)n2)s1. The lowest BCUT2D eigenvalue weighted by atomic mass is 10.1. The molecule has 1 amide bonds. The van der Waals surface area contributed by atoms with Gasteiger partial charge in [-0.1, -0.05) is 0 Å². The number of rotatable bonds is 6. The van der Waals surface area contributed by atoms with Crippen molar-refractivity contribution in [2.24, 2.45) is 0 Å². The van der Waals surface area contributed by atoms with Crippen molar-refractivity contribution in [3.05, 3.63) is 80.8 Å². The molecule has 5 rings (SSSR count). The van der Waals surface area contributed by atoms with Crippen LogP contribution in [-0.2, 0) is 6.42 Å². The molecule has 1 aromatic carbocycles. The fraction of sp³-hybridized carbons (Fsp3) is 0.250. The summed E-state index contributed by atoms with van der Waals surface area (Å²) in [6, 6.07) is 9.59. The minimum Gasteiger partial charge on any atom is -0.487 e. The molecular formula is C24H21FN4O2S2. The molecule has 168 valence electrons. The van der Waals surface area contributed by atoms with E-state index < -0.39 is 0 Å². The van der Waals surface area contributed by atoms with Crippen LogP contribution in [0.1, 0.15) is 31.8 Å². The van der Waals surface area contributed by atoms with Crippen LogP contribution in [0, 0.1) is 19.7 Å². The number of nitrogens with zero attached hydrogens (tertiary/aromatic N) is 4. The zero-order valence-electron chi connectivity index (χ0n) is 18.1. The quantitative estimate of drug-likeness (QED) is 0.392. The zero-order valence-corrected chi connectivity index (χ0v) is 19.8. The van der Waals surface area contributed by atoms with E-state index >= 15 is 0 Å². The van der Waals surface area contributed by atoms with Gasteiger partial charge in [0.1, 0.15) is 17.7 Å². The molecule has 1 aliphatic heterocycles. The second-order valence-electron chi connectivity index (χ2n) is 7.89. The Morgan fingerprint density at radius 3 is 2.61 bits per heavy atom. The van der Waals surface area contributed by atoms with E-state index in [4.69, 9.17) is 9.72 Å². The van der Waals surface area contributed by atoms with Crippen molar-refractivity contribution in [3.63, 3.8) is 0 Å². The smallest absolute Gasteiger partial charge is 0.255 e. The summed E-state index contributed by atoms with van der Waals surface area (Å²) in [6.07, 6.45) is 2.15. The van der Waals surface area contributed by atoms with Crippen LogP contribution in [0.15, 0.2) is 48.0 Å². The number of aryl methyl sites for hydroxylation is 2. The highest BCUT2D eigenvalue weighted by Crippen LogP contribution is 2.31. The lowest BCUT2D eigenvalue weighted by molar-refractivity contribution is 0.0177. The van der Waals surface area contributed by atoms with Gasteiger partial charge in [0.25, 0.3) is 5.91 Å². The summed E-state index contributed by atoms with van der Waals surface area (Å²) in [5.74, 6) is 0.232. The van der Waals surface area contributed by atoms with E-state index in [2.05, 4.69) is 15.3 Å². The standard InChI is InChI=1S/C24H21FN4O2S2/c1-14-23(33-15(2)27-14)21-13-32-22(28-21)9-18-6-3-16(10-26-18)24(30)29-11-20(12-29)31-19-7-4-17(25)5-8-19/h3-8,10,13,20H,9,11-12H2,1-2H3. The van der Waals surface area contributed by atoms with Crippen molar-refractivity contribution in [2.75, 3.05) is 13.1 Å². The minimum atomic E-state index is -0.302. The van der Waals surface area contributed by atoms with E-state index in [1.807, 2.05) is 26.0 Å². The number of hydrogen-bond donors (Lipinski definition) is 0. The lowest BCUT2D eigenvalue weighted by Crippen LogP contribution is -2.56. The number of hydrogen-bond acceptors (Lipinski definition) is 7. The summed E-state index contributed by atoms with van der Waals surface area (Å²) in [7, 11) is 0. The van der Waals surface area contributed by atoms with Crippen molar-refractivity contribution in [3.8, 4) is 16.3 Å². The monoisotopic (exact) mass is 480 g/mol. The summed E-state index contributed by atoms with van der Waals surface area (Å²) in [4.78, 5) is 29.2. The number of ether oxygens (including phenoxy) is 1. The van der Waals surface area contributed by atoms with Crippen molar-refractivity contribution >= 4 is 28.6 Å². The molecule has 0 saturated carbocycles. The Bertz CT molecular complexity index is 1280. The van der Waals surface area contributed by atoms with Gasteiger partial charge in [-0.25, -0.2) is 14.4 Å². The molecule has 1 fully saturated rings. The number of thiazole rings is 2. The fourth-order valence-corrected chi connectivity index (χ4v) is 5.40. The normalized spacial score (nSPS) is 13.7. The maximum atomic E-state index is 13.0. The van der Waals surface area contributed by atoms with Crippen molar-refractivity contribution < 1.29 is 13.9 Å². The van der Waals surface area contributed by atoms with E-state index in [1.165, 1.54) is 12.1 Å². The van der Waals surface area contributed by atoms with Crippen LogP contribution in [0.2, 0.25) is 0 Å². The summed E-state index contributed by atoms with van der Waals surface area (Å²) < 4.78 is 18.8. The lowest BCUT2D eigenvalue weighted by Gasteiger charge is -2.39. The molecule has 0 spiro atoms. The second kappa shape index (κ2) is 8.99. The van der Waals surface area contributed by atoms with Crippen LogP contribution in [-0.4, -0.2) is 45.0 Å². The number of pyridine rings is 1. The summed E-state index contributed by atoms with van der Waals surface area (Å²) in [5.41, 5.74) is 3.38. The number of likely N-dealkylation sites (tertiary alicyclic amines) is 1. The largest absolute Gasteiger partial charge is 0.487 e. The highest BCUT2D eigenvalue weighted by atomic mass is 32.1. The average molecular weight is 481 g/mol. The summed E-state index contributed by atoms with van der Waals surface area (Å²) in [5, 5.41) is 4.07. The summed E-state index contributed by atoms with van der Waals surface area (Å²) in [6.45, 7) is 5.00. The second-order valence-corrected chi connectivity index (χ2v) is 10.0. The van der Waals surface area contributed by atoms with Gasteiger partial charge in [0.15, 0.2) is 0 Å². The molecule has 9 heteroatoms. The number of carbonyl (C=O) groups is 1. The van der Waals surface area contributed by atoms with E-state index in [1.54, 1.807) is 45.9 Å². The predicted molar refractivity (Wildman–Crippen MR) is 126 cm³/mol. The van der Waals surface area contributed by atoms with Gasteiger partial charge < -0.3 is 9.64 Å². The molecule has 3 aromatic heterocycles. The Kier molecular flexibility index (Phi) is 5.90. The molecule has 33 heavy (non-hydrogen) atoms. The van der Waals surface area contributed by atoms with Gasteiger partial charge in [0.2, 0.25) is 0 Å². The molecular weight excluding hydrogens is 459 g/mol. The molecule has 0 atom stereocenters. The number of halogens is 1. The van der Waals surface area contributed by atoms with Gasteiger partial charge in [-0.3, -0.25) is 9.78 Å². The first kappa shape index (κ1) is 21.7. The van der Waals surface area contributed by atoms with Crippen LogP contribution in [0.4, 0.5) is 4.39 Å². The van der Waals surface area contributed by atoms with Gasteiger partial charge in [0.05, 0.1) is 44.9 Å². The molecule has 1 saturated heterocycles. The maximum Gasteiger partial charge on any atom is 0.255 e. The molecule has 0 radical (unpaired) electrons. The van der Waals surface area contributed by atoms with Gasteiger partial charge in [-0.2, -0.15) is 0 Å². The first-order chi connectivity index (χ1) is 15.9. The van der Waals surface area contributed by atoms with Crippen LogP contribution >= 0.6 is 22.7 Å². The third kappa shape index (κ3) is 4.79. The molecule has 0 N–H and O–H groups in total. The number of aromatic nitrogens is 3. The third-order valence-corrected chi connectivity index (χ3v) is 7.29. The van der Waals surface area contributed by atoms with Gasteiger partial charge in [-0.05, 0) is 50.2 Å². The molecule has 4 heterocycles. The molecule has 4 aromatic rings. The Morgan fingerprint density at radius 2 is 1.94 bits per heavy atom. The molecule has 0 bridgehead atoms. The van der Waals surface area contributed by atoms with Crippen LogP contribution in [0.5, 0.6) is 5.75 Å². The van der Waals surface area contributed by atoms with Gasteiger partial charge in [-0.15, -0.1) is 22.7 Å². The van der Waals surface area contributed by atoms with E-state index in [-0.39, 0.29) is 17.8 Å². The third-order valence-electron chi connectivity index (χ3n) is 5.34. The molecule has 0 unspecified atom stereocenters.